The van der Waals surface area contributed by atoms with E-state index in [2.05, 4.69) is 29.2 Å². The van der Waals surface area contributed by atoms with Crippen molar-refractivity contribution >= 4 is 0 Å². The Hall–Kier alpha value is -1.88. The van der Waals surface area contributed by atoms with E-state index in [0.29, 0.717) is 12.3 Å². The Kier molecular flexibility index (Phi) is 5.28. The predicted octanol–water partition coefficient (Wildman–Crippen LogP) is 1.98. The lowest BCUT2D eigenvalue weighted by Crippen LogP contribution is -2.38. The second-order valence-corrected chi connectivity index (χ2v) is 6.02. The summed E-state index contributed by atoms with van der Waals surface area (Å²) >= 11 is 0. The summed E-state index contributed by atoms with van der Waals surface area (Å²) in [7, 11) is 0. The first kappa shape index (κ1) is 16.0. The van der Waals surface area contributed by atoms with Crippen molar-refractivity contribution in [3.8, 4) is 5.75 Å². The highest BCUT2D eigenvalue weighted by Crippen LogP contribution is 2.19. The first-order valence-electron chi connectivity index (χ1n) is 8.04. The van der Waals surface area contributed by atoms with Gasteiger partial charge in [0, 0.05) is 19.6 Å². The molecule has 0 saturated carbocycles. The van der Waals surface area contributed by atoms with E-state index in [1.807, 2.05) is 24.3 Å². The van der Waals surface area contributed by atoms with Crippen molar-refractivity contribution < 1.29 is 14.9 Å². The molecule has 2 aromatic rings. The SMILES string of the molecule is OCc1ccc(OCC(O)CN2CCc3ccccc3C2)cc1. The van der Waals surface area contributed by atoms with E-state index in [9.17, 15) is 5.11 Å². The molecule has 122 valence electrons. The van der Waals surface area contributed by atoms with Gasteiger partial charge in [0.1, 0.15) is 18.5 Å². The van der Waals surface area contributed by atoms with Gasteiger partial charge in [0.2, 0.25) is 0 Å². The fraction of sp³-hybridized carbons (Fsp3) is 0.368. The van der Waals surface area contributed by atoms with Crippen LogP contribution in [0.3, 0.4) is 0 Å². The van der Waals surface area contributed by atoms with Gasteiger partial charge in [0.15, 0.2) is 0 Å². The molecule has 0 saturated heterocycles. The monoisotopic (exact) mass is 313 g/mol. The van der Waals surface area contributed by atoms with Crippen LogP contribution in [0.25, 0.3) is 0 Å². The molecule has 0 bridgehead atoms. The van der Waals surface area contributed by atoms with E-state index in [-0.39, 0.29) is 13.2 Å². The molecule has 23 heavy (non-hydrogen) atoms. The van der Waals surface area contributed by atoms with Crippen LogP contribution in [0.2, 0.25) is 0 Å². The Bertz CT molecular complexity index is 627. The molecule has 1 unspecified atom stereocenters. The van der Waals surface area contributed by atoms with Crippen molar-refractivity contribution in [1.29, 1.82) is 0 Å². The highest BCUT2D eigenvalue weighted by Gasteiger charge is 2.18. The molecule has 0 amide bonds. The zero-order valence-corrected chi connectivity index (χ0v) is 13.2. The number of nitrogens with zero attached hydrogens (tertiary/aromatic N) is 1. The van der Waals surface area contributed by atoms with E-state index >= 15 is 0 Å². The molecule has 0 aromatic heterocycles. The maximum Gasteiger partial charge on any atom is 0.119 e. The van der Waals surface area contributed by atoms with Gasteiger partial charge in [0.25, 0.3) is 0 Å². The second-order valence-electron chi connectivity index (χ2n) is 6.02. The molecular formula is C19H23NO3. The third kappa shape index (κ3) is 4.32. The summed E-state index contributed by atoms with van der Waals surface area (Å²) in [4.78, 5) is 2.27. The Labute approximate surface area is 136 Å². The van der Waals surface area contributed by atoms with Crippen LogP contribution in [0.5, 0.6) is 5.75 Å². The molecule has 2 aromatic carbocycles. The Morgan fingerprint density at radius 2 is 1.78 bits per heavy atom. The van der Waals surface area contributed by atoms with E-state index in [1.165, 1.54) is 11.1 Å². The van der Waals surface area contributed by atoms with Crippen molar-refractivity contribution in [2.45, 2.75) is 25.7 Å². The number of ether oxygens (including phenoxy) is 1. The number of fused-ring (bicyclic) bond motifs is 1. The number of rotatable bonds is 6. The van der Waals surface area contributed by atoms with E-state index in [0.717, 1.165) is 25.1 Å². The molecule has 1 aliphatic rings. The summed E-state index contributed by atoms with van der Waals surface area (Å²) in [5, 5.41) is 19.2. The molecule has 0 fully saturated rings. The van der Waals surface area contributed by atoms with Crippen molar-refractivity contribution in [3.05, 3.63) is 65.2 Å². The summed E-state index contributed by atoms with van der Waals surface area (Å²) in [6.45, 7) is 2.77. The molecule has 3 rings (SSSR count). The smallest absolute Gasteiger partial charge is 0.119 e. The van der Waals surface area contributed by atoms with Crippen molar-refractivity contribution in [2.24, 2.45) is 0 Å². The largest absolute Gasteiger partial charge is 0.491 e. The van der Waals surface area contributed by atoms with Gasteiger partial charge in [-0.1, -0.05) is 36.4 Å². The third-order valence-corrected chi connectivity index (χ3v) is 4.23. The fourth-order valence-corrected chi connectivity index (χ4v) is 2.94. The van der Waals surface area contributed by atoms with E-state index in [1.54, 1.807) is 0 Å². The average molecular weight is 313 g/mol. The number of aliphatic hydroxyl groups is 2. The first-order chi connectivity index (χ1) is 11.2. The zero-order chi connectivity index (χ0) is 16.1. The first-order valence-corrected chi connectivity index (χ1v) is 8.04. The lowest BCUT2D eigenvalue weighted by molar-refractivity contribution is 0.0637. The number of hydrogen-bond acceptors (Lipinski definition) is 4. The highest BCUT2D eigenvalue weighted by atomic mass is 16.5. The van der Waals surface area contributed by atoms with Crippen LogP contribution in [0, 0.1) is 0 Å². The molecule has 0 aliphatic carbocycles. The van der Waals surface area contributed by atoms with Crippen molar-refractivity contribution in [2.75, 3.05) is 19.7 Å². The average Bonchev–Trinajstić information content (AvgIpc) is 2.60. The lowest BCUT2D eigenvalue weighted by atomic mass is 10.00. The molecule has 1 heterocycles. The third-order valence-electron chi connectivity index (χ3n) is 4.23. The maximum absolute atomic E-state index is 10.2. The molecule has 4 heteroatoms. The maximum atomic E-state index is 10.2. The van der Waals surface area contributed by atoms with Crippen LogP contribution >= 0.6 is 0 Å². The molecule has 1 aliphatic heterocycles. The fourth-order valence-electron chi connectivity index (χ4n) is 2.94. The van der Waals surface area contributed by atoms with Crippen LogP contribution in [0.15, 0.2) is 48.5 Å². The summed E-state index contributed by atoms with van der Waals surface area (Å²) in [5.74, 6) is 0.713. The van der Waals surface area contributed by atoms with Crippen LogP contribution < -0.4 is 4.74 Å². The van der Waals surface area contributed by atoms with Gasteiger partial charge in [-0.15, -0.1) is 0 Å². The zero-order valence-electron chi connectivity index (χ0n) is 13.2. The minimum atomic E-state index is -0.516. The van der Waals surface area contributed by atoms with Gasteiger partial charge < -0.3 is 14.9 Å². The minimum Gasteiger partial charge on any atom is -0.491 e. The van der Waals surface area contributed by atoms with E-state index < -0.39 is 6.10 Å². The van der Waals surface area contributed by atoms with Crippen LogP contribution in [-0.4, -0.2) is 40.9 Å². The van der Waals surface area contributed by atoms with Crippen LogP contribution in [0.4, 0.5) is 0 Å². The molecule has 1 atom stereocenters. The number of aliphatic hydroxyl groups excluding tert-OH is 2. The van der Waals surface area contributed by atoms with Crippen LogP contribution in [-0.2, 0) is 19.6 Å². The highest BCUT2D eigenvalue weighted by molar-refractivity contribution is 5.29. The molecular weight excluding hydrogens is 290 g/mol. The summed E-state index contributed by atoms with van der Waals surface area (Å²) in [6.07, 6.45) is 0.518. The molecule has 4 nitrogen and oxygen atoms in total. The topological polar surface area (TPSA) is 52.9 Å². The summed E-state index contributed by atoms with van der Waals surface area (Å²) < 4.78 is 5.62. The van der Waals surface area contributed by atoms with Gasteiger partial charge in [0.05, 0.1) is 6.61 Å². The summed E-state index contributed by atoms with van der Waals surface area (Å²) in [6, 6.07) is 15.8. The minimum absolute atomic E-state index is 0.0271. The van der Waals surface area contributed by atoms with Gasteiger partial charge >= 0.3 is 0 Å². The Balaban J connectivity index is 1.47. The van der Waals surface area contributed by atoms with Gasteiger partial charge in [-0.05, 0) is 35.2 Å². The van der Waals surface area contributed by atoms with Crippen LogP contribution in [0.1, 0.15) is 16.7 Å². The second kappa shape index (κ2) is 7.59. The molecule has 0 spiro atoms. The van der Waals surface area contributed by atoms with E-state index in [4.69, 9.17) is 9.84 Å². The van der Waals surface area contributed by atoms with Gasteiger partial charge in [-0.25, -0.2) is 0 Å². The standard InChI is InChI=1S/C19H23NO3/c21-13-15-5-7-19(8-6-15)23-14-18(22)12-20-10-9-16-3-1-2-4-17(16)11-20/h1-8,18,21-22H,9-14H2. The molecule has 2 N–H and O–H groups in total. The molecule has 0 radical (unpaired) electrons. The number of β-amino-alcohol motifs (C(OH)–C–C–N with tert-alkyl or cyclic N) is 1. The quantitative estimate of drug-likeness (QED) is 0.856. The van der Waals surface area contributed by atoms with Gasteiger partial charge in [-0.3, -0.25) is 4.90 Å². The lowest BCUT2D eigenvalue weighted by Gasteiger charge is -2.30. The number of benzene rings is 2. The Morgan fingerprint density at radius 3 is 2.52 bits per heavy atom. The van der Waals surface area contributed by atoms with Crippen molar-refractivity contribution in [1.82, 2.24) is 4.90 Å². The summed E-state index contributed by atoms with van der Waals surface area (Å²) in [5.41, 5.74) is 3.62. The predicted molar refractivity (Wildman–Crippen MR) is 89.3 cm³/mol. The van der Waals surface area contributed by atoms with Crippen molar-refractivity contribution in [3.63, 3.8) is 0 Å². The van der Waals surface area contributed by atoms with Gasteiger partial charge in [-0.2, -0.15) is 0 Å². The Morgan fingerprint density at radius 1 is 1.04 bits per heavy atom. The normalized spacial score (nSPS) is 15.9. The number of hydrogen-bond donors (Lipinski definition) is 2.